The smallest absolute Gasteiger partial charge is 0.407 e. The number of anilines is 1. The first-order valence-corrected chi connectivity index (χ1v) is 13.5. The second-order valence-electron chi connectivity index (χ2n) is 9.88. The van der Waals surface area contributed by atoms with Crippen molar-refractivity contribution in [1.82, 2.24) is 14.9 Å². The SMILES string of the molecule is C[S+]([O-])c1nc2c(c(N3CCN(C(=O)O)[C@@](CC#N)(C(C)(C)C)C3)n1)CCc1ccc(Br)cc1-2. The maximum Gasteiger partial charge on any atom is 0.407 e. The zero-order valence-electron chi connectivity index (χ0n) is 19.8. The van der Waals surface area contributed by atoms with Crippen LogP contribution < -0.4 is 4.90 Å². The van der Waals surface area contributed by atoms with Crippen LogP contribution in [0.4, 0.5) is 10.6 Å². The van der Waals surface area contributed by atoms with Crippen LogP contribution in [-0.2, 0) is 24.0 Å². The minimum absolute atomic E-state index is 0.0644. The molecule has 1 amide bonds. The molecule has 180 valence electrons. The van der Waals surface area contributed by atoms with Gasteiger partial charge >= 0.3 is 11.2 Å². The van der Waals surface area contributed by atoms with E-state index in [1.165, 1.54) is 10.5 Å². The largest absolute Gasteiger partial charge is 0.609 e. The molecule has 1 aliphatic heterocycles. The fourth-order valence-corrected chi connectivity index (χ4v) is 5.90. The monoisotopic (exact) mass is 545 g/mol. The molecule has 1 aliphatic carbocycles. The highest BCUT2D eigenvalue weighted by Crippen LogP contribution is 2.44. The Bertz CT molecular complexity index is 1180. The lowest BCUT2D eigenvalue weighted by Crippen LogP contribution is -2.69. The number of piperazine rings is 1. The number of benzene rings is 1. The summed E-state index contributed by atoms with van der Waals surface area (Å²) >= 11 is 2.16. The van der Waals surface area contributed by atoms with Gasteiger partial charge in [-0.05, 0) is 36.0 Å². The van der Waals surface area contributed by atoms with Crippen LogP contribution in [0.25, 0.3) is 11.3 Å². The fourth-order valence-electron chi connectivity index (χ4n) is 5.11. The van der Waals surface area contributed by atoms with Crippen molar-refractivity contribution >= 4 is 39.0 Å². The quantitative estimate of drug-likeness (QED) is 0.452. The third-order valence-electron chi connectivity index (χ3n) is 7.05. The van der Waals surface area contributed by atoms with Crippen molar-refractivity contribution < 1.29 is 14.5 Å². The summed E-state index contributed by atoms with van der Waals surface area (Å²) in [7, 11) is 0. The Morgan fingerprint density at radius 1 is 1.32 bits per heavy atom. The molecular formula is C24H28BrN5O3S. The first-order valence-electron chi connectivity index (χ1n) is 11.1. The third-order valence-corrected chi connectivity index (χ3v) is 8.24. The molecule has 1 saturated heterocycles. The minimum Gasteiger partial charge on any atom is -0.609 e. The number of nitriles is 1. The molecule has 2 heterocycles. The van der Waals surface area contributed by atoms with Crippen LogP contribution in [0.1, 0.15) is 38.3 Å². The number of carboxylic acid groups (broad SMARTS) is 1. The maximum absolute atomic E-state index is 12.5. The molecule has 2 atom stereocenters. The molecule has 1 aromatic carbocycles. The van der Waals surface area contributed by atoms with Gasteiger partial charge in [0, 0.05) is 46.4 Å². The van der Waals surface area contributed by atoms with E-state index >= 15 is 0 Å². The van der Waals surface area contributed by atoms with E-state index < -0.39 is 28.2 Å². The van der Waals surface area contributed by atoms with E-state index in [1.807, 2.05) is 32.9 Å². The Labute approximate surface area is 211 Å². The van der Waals surface area contributed by atoms with Gasteiger partial charge in [-0.25, -0.2) is 4.79 Å². The number of carbonyl (C=O) groups is 1. The predicted octanol–water partition coefficient (Wildman–Crippen LogP) is 4.24. The maximum atomic E-state index is 12.5. The van der Waals surface area contributed by atoms with Crippen molar-refractivity contribution in [3.63, 3.8) is 0 Å². The van der Waals surface area contributed by atoms with Gasteiger partial charge in [0.1, 0.15) is 12.1 Å². The van der Waals surface area contributed by atoms with Gasteiger partial charge in [-0.1, -0.05) is 42.8 Å². The van der Waals surface area contributed by atoms with E-state index in [1.54, 1.807) is 6.26 Å². The number of nitrogens with zero attached hydrogens (tertiary/aromatic N) is 5. The molecule has 1 fully saturated rings. The molecule has 10 heteroatoms. The average molecular weight is 546 g/mol. The highest BCUT2D eigenvalue weighted by Gasteiger charge is 2.52. The lowest BCUT2D eigenvalue weighted by atomic mass is 9.69. The van der Waals surface area contributed by atoms with Crippen molar-refractivity contribution in [3.8, 4) is 17.3 Å². The van der Waals surface area contributed by atoms with Gasteiger partial charge in [-0.15, -0.1) is 0 Å². The number of fused-ring (bicyclic) bond motifs is 3. The number of halogens is 1. The Hall–Kier alpha value is -2.35. The summed E-state index contributed by atoms with van der Waals surface area (Å²) in [6.07, 6.45) is 2.17. The Balaban J connectivity index is 1.88. The van der Waals surface area contributed by atoms with E-state index in [0.29, 0.717) is 18.9 Å². The molecule has 34 heavy (non-hydrogen) atoms. The highest BCUT2D eigenvalue weighted by molar-refractivity contribution is 9.10. The molecule has 2 aliphatic rings. The highest BCUT2D eigenvalue weighted by atomic mass is 79.9. The van der Waals surface area contributed by atoms with Crippen LogP contribution in [0.5, 0.6) is 0 Å². The summed E-state index contributed by atoms with van der Waals surface area (Å²) in [4.78, 5) is 25.1. The van der Waals surface area contributed by atoms with Crippen LogP contribution in [0.2, 0.25) is 0 Å². The molecule has 2 aromatic rings. The van der Waals surface area contributed by atoms with Crippen molar-refractivity contribution in [1.29, 1.82) is 5.26 Å². The van der Waals surface area contributed by atoms with Crippen molar-refractivity contribution in [2.24, 2.45) is 5.41 Å². The number of aryl methyl sites for hydroxylation is 1. The Morgan fingerprint density at radius 3 is 2.68 bits per heavy atom. The summed E-state index contributed by atoms with van der Waals surface area (Å²) in [5.74, 6) is 0.692. The lowest BCUT2D eigenvalue weighted by molar-refractivity contribution is -0.00288. The molecule has 1 N–H and O–H groups in total. The van der Waals surface area contributed by atoms with Crippen LogP contribution in [0.3, 0.4) is 0 Å². The molecule has 1 unspecified atom stereocenters. The van der Waals surface area contributed by atoms with E-state index in [4.69, 9.17) is 9.97 Å². The third kappa shape index (κ3) is 4.14. The van der Waals surface area contributed by atoms with Crippen molar-refractivity contribution in [3.05, 3.63) is 33.8 Å². The fraction of sp³-hybridized carbons (Fsp3) is 0.500. The van der Waals surface area contributed by atoms with E-state index in [2.05, 4.69) is 33.0 Å². The zero-order chi connectivity index (χ0) is 24.8. The molecule has 0 spiro atoms. The number of amides is 1. The second kappa shape index (κ2) is 9.02. The van der Waals surface area contributed by atoms with Gasteiger partial charge in [0.2, 0.25) is 0 Å². The van der Waals surface area contributed by atoms with Crippen LogP contribution >= 0.6 is 15.9 Å². The van der Waals surface area contributed by atoms with Crippen LogP contribution in [0.15, 0.2) is 27.8 Å². The minimum atomic E-state index is -1.40. The first kappa shape index (κ1) is 24.8. The molecular weight excluding hydrogens is 518 g/mol. The normalized spacial score (nSPS) is 20.9. The van der Waals surface area contributed by atoms with Gasteiger partial charge in [0.05, 0.1) is 23.7 Å². The van der Waals surface area contributed by atoms with E-state index in [0.717, 1.165) is 34.1 Å². The first-order chi connectivity index (χ1) is 16.0. The average Bonchev–Trinajstić information content (AvgIpc) is 2.77. The number of aromatic nitrogens is 2. The molecule has 1 aromatic heterocycles. The van der Waals surface area contributed by atoms with Gasteiger partial charge in [0.25, 0.3) is 0 Å². The summed E-state index contributed by atoms with van der Waals surface area (Å²) < 4.78 is 13.4. The predicted molar refractivity (Wildman–Crippen MR) is 134 cm³/mol. The van der Waals surface area contributed by atoms with E-state index in [-0.39, 0.29) is 18.1 Å². The molecule has 0 saturated carbocycles. The van der Waals surface area contributed by atoms with Crippen LogP contribution in [0, 0.1) is 16.7 Å². The lowest BCUT2D eigenvalue weighted by Gasteiger charge is -2.55. The Morgan fingerprint density at radius 2 is 2.06 bits per heavy atom. The second-order valence-corrected chi connectivity index (χ2v) is 12.1. The molecule has 4 rings (SSSR count). The zero-order valence-corrected chi connectivity index (χ0v) is 22.2. The topological polar surface area (TPSA) is 116 Å². The van der Waals surface area contributed by atoms with Gasteiger partial charge in [0.15, 0.2) is 0 Å². The number of hydrogen-bond acceptors (Lipinski definition) is 6. The van der Waals surface area contributed by atoms with Crippen molar-refractivity contribution in [2.45, 2.75) is 50.7 Å². The summed E-state index contributed by atoms with van der Waals surface area (Å²) in [5, 5.41) is 19.9. The number of rotatable bonds is 3. The molecule has 8 nitrogen and oxygen atoms in total. The number of hydrogen-bond donors (Lipinski definition) is 1. The summed E-state index contributed by atoms with van der Waals surface area (Å²) in [6.45, 7) is 6.92. The van der Waals surface area contributed by atoms with Gasteiger partial charge in [-0.2, -0.15) is 15.2 Å². The summed E-state index contributed by atoms with van der Waals surface area (Å²) in [6, 6.07) is 8.36. The molecule has 0 bridgehead atoms. The van der Waals surface area contributed by atoms with Gasteiger partial charge < -0.3 is 14.6 Å². The standard InChI is InChI=1S/C24H28BrN5O3S/c1-23(2,3)24(9-10-26)14-29(11-12-30(24)22(31)32)20-17-8-6-15-5-7-16(25)13-18(15)19(17)27-21(28-20)34(4)33/h5,7,13H,6,8-9,11-12,14H2,1-4H3,(H,31,32)/t24-,34?/m1/s1. The van der Waals surface area contributed by atoms with Gasteiger partial charge in [-0.3, -0.25) is 4.90 Å². The van der Waals surface area contributed by atoms with Crippen LogP contribution in [-0.4, -0.2) is 62.0 Å². The van der Waals surface area contributed by atoms with E-state index in [9.17, 15) is 19.7 Å². The van der Waals surface area contributed by atoms with Crippen molar-refractivity contribution in [2.75, 3.05) is 30.8 Å². The molecule has 0 radical (unpaired) electrons. The Kier molecular flexibility index (Phi) is 6.57. The summed E-state index contributed by atoms with van der Waals surface area (Å²) in [5.41, 5.74) is 2.50.